The van der Waals surface area contributed by atoms with Crippen molar-refractivity contribution < 1.29 is 27.5 Å². The van der Waals surface area contributed by atoms with Crippen molar-refractivity contribution in [2.75, 3.05) is 7.11 Å². The minimum Gasteiger partial charge on any atom is -0.493 e. The molecule has 0 aliphatic rings. The molecule has 0 fully saturated rings. The monoisotopic (exact) mass is 372 g/mol. The van der Waals surface area contributed by atoms with Crippen LogP contribution in [0.15, 0.2) is 63.8 Å². The van der Waals surface area contributed by atoms with Crippen LogP contribution in [0.2, 0.25) is 0 Å². The minimum absolute atomic E-state index is 0.0927. The van der Waals surface area contributed by atoms with Gasteiger partial charge in [0, 0.05) is 5.39 Å². The number of para-hydroxylation sites is 1. The van der Waals surface area contributed by atoms with Gasteiger partial charge in [-0.25, -0.2) is 4.79 Å². The Kier molecular flexibility index (Phi) is 5.30. The Morgan fingerprint density at radius 1 is 1.11 bits per heavy atom. The highest BCUT2D eigenvalue weighted by Gasteiger charge is 2.12. The molecule has 0 N–H and O–H groups in total. The topological polar surface area (TPSA) is 65.7 Å². The molecule has 0 radical (unpaired) electrons. The van der Waals surface area contributed by atoms with Gasteiger partial charge in [0.2, 0.25) is 0 Å². The fraction of sp³-hybridized carbons (Fsp3) is 0.100. The largest absolute Gasteiger partial charge is 0.493 e. The Morgan fingerprint density at radius 3 is 2.63 bits per heavy atom. The van der Waals surface area contributed by atoms with Crippen molar-refractivity contribution in [3.05, 3.63) is 76.2 Å². The van der Waals surface area contributed by atoms with E-state index in [1.54, 1.807) is 24.3 Å². The molecule has 1 heterocycles. The molecule has 5 nitrogen and oxygen atoms in total. The second-order valence-corrected chi connectivity index (χ2v) is 5.47. The molecule has 0 aliphatic heterocycles. The van der Waals surface area contributed by atoms with Crippen LogP contribution in [0.4, 0.5) is 8.78 Å². The van der Waals surface area contributed by atoms with Crippen molar-refractivity contribution >= 4 is 22.8 Å². The molecule has 2 aromatic carbocycles. The van der Waals surface area contributed by atoms with Crippen LogP contribution in [-0.4, -0.2) is 19.5 Å². The maximum Gasteiger partial charge on any atom is 0.387 e. The fourth-order valence-corrected chi connectivity index (χ4v) is 2.48. The average molecular weight is 372 g/mol. The van der Waals surface area contributed by atoms with Crippen LogP contribution in [0.1, 0.15) is 15.9 Å². The molecule has 3 aromatic rings. The molecule has 3 rings (SSSR count). The number of ketones is 1. The minimum atomic E-state index is -2.98. The Labute approximate surface area is 152 Å². The third kappa shape index (κ3) is 4.20. The van der Waals surface area contributed by atoms with Gasteiger partial charge in [-0.15, -0.1) is 0 Å². The number of rotatable bonds is 6. The maximum atomic E-state index is 12.4. The van der Waals surface area contributed by atoms with Gasteiger partial charge in [-0.2, -0.15) is 8.78 Å². The van der Waals surface area contributed by atoms with Gasteiger partial charge >= 0.3 is 12.2 Å². The van der Waals surface area contributed by atoms with Crippen LogP contribution < -0.4 is 15.1 Å². The van der Waals surface area contributed by atoms with Gasteiger partial charge in [0.05, 0.1) is 7.11 Å². The predicted octanol–water partition coefficient (Wildman–Crippen LogP) is 4.30. The Morgan fingerprint density at radius 2 is 1.89 bits per heavy atom. The summed E-state index contributed by atoms with van der Waals surface area (Å²) in [6.07, 6.45) is 2.63. The van der Waals surface area contributed by atoms with E-state index in [4.69, 9.17) is 9.15 Å². The van der Waals surface area contributed by atoms with Crippen LogP contribution in [0.3, 0.4) is 0 Å². The highest BCUT2D eigenvalue weighted by atomic mass is 19.3. The second-order valence-electron chi connectivity index (χ2n) is 5.47. The predicted molar refractivity (Wildman–Crippen MR) is 95.5 cm³/mol. The van der Waals surface area contributed by atoms with Crippen molar-refractivity contribution in [1.82, 2.24) is 0 Å². The van der Waals surface area contributed by atoms with E-state index in [2.05, 4.69) is 4.74 Å². The molecule has 27 heavy (non-hydrogen) atoms. The summed E-state index contributed by atoms with van der Waals surface area (Å²) in [5.41, 5.74) is 0.0607. The number of fused-ring (bicyclic) bond motifs is 1. The smallest absolute Gasteiger partial charge is 0.387 e. The van der Waals surface area contributed by atoms with E-state index in [0.29, 0.717) is 16.5 Å². The van der Waals surface area contributed by atoms with Crippen LogP contribution in [0.5, 0.6) is 11.5 Å². The number of carbonyl (C=O) groups excluding carboxylic acids is 1. The van der Waals surface area contributed by atoms with E-state index in [9.17, 15) is 18.4 Å². The Bertz CT molecular complexity index is 1070. The van der Waals surface area contributed by atoms with E-state index in [1.165, 1.54) is 43.5 Å². The molecule has 0 aliphatic carbocycles. The zero-order chi connectivity index (χ0) is 19.4. The molecule has 0 saturated carbocycles. The molecule has 0 bridgehead atoms. The average Bonchev–Trinajstić information content (AvgIpc) is 2.66. The zero-order valence-corrected chi connectivity index (χ0v) is 14.1. The van der Waals surface area contributed by atoms with Crippen molar-refractivity contribution in [3.63, 3.8) is 0 Å². The van der Waals surface area contributed by atoms with Crippen molar-refractivity contribution in [3.8, 4) is 11.5 Å². The number of benzene rings is 2. The number of hydrogen-bond acceptors (Lipinski definition) is 5. The summed E-state index contributed by atoms with van der Waals surface area (Å²) in [5, 5.41) is 0.629. The molecule has 0 saturated heterocycles. The number of alkyl halides is 2. The first-order valence-electron chi connectivity index (χ1n) is 7.86. The standard InChI is InChI=1S/C20H14F2O5/c1-25-18-10-12(7-9-17(18)27-20(21)22)6-8-15(23)14-11-13-4-2-3-5-16(13)26-19(14)24/h2-11,20H,1H3/b8-6+. The lowest BCUT2D eigenvalue weighted by Crippen LogP contribution is -2.11. The lowest BCUT2D eigenvalue weighted by atomic mass is 10.1. The van der Waals surface area contributed by atoms with Gasteiger partial charge < -0.3 is 13.9 Å². The maximum absolute atomic E-state index is 12.4. The van der Waals surface area contributed by atoms with Crippen LogP contribution in [-0.2, 0) is 0 Å². The summed E-state index contributed by atoms with van der Waals surface area (Å²) in [5.74, 6) is -0.567. The second kappa shape index (κ2) is 7.82. The van der Waals surface area contributed by atoms with E-state index in [1.807, 2.05) is 0 Å². The summed E-state index contributed by atoms with van der Waals surface area (Å²) >= 11 is 0. The summed E-state index contributed by atoms with van der Waals surface area (Å²) in [7, 11) is 1.31. The third-order valence-electron chi connectivity index (χ3n) is 3.74. The quantitative estimate of drug-likeness (QED) is 0.367. The van der Waals surface area contributed by atoms with Gasteiger partial charge in [0.15, 0.2) is 17.3 Å². The highest BCUT2D eigenvalue weighted by molar-refractivity contribution is 6.07. The Hall–Kier alpha value is -3.48. The molecule has 0 amide bonds. The fourth-order valence-electron chi connectivity index (χ4n) is 2.48. The summed E-state index contributed by atoms with van der Waals surface area (Å²) in [6.45, 7) is -2.98. The first kappa shape index (κ1) is 18.3. The van der Waals surface area contributed by atoms with Gasteiger partial charge in [0.25, 0.3) is 0 Å². The molecule has 0 spiro atoms. The summed E-state index contributed by atoms with van der Waals surface area (Å²) in [4.78, 5) is 24.4. The van der Waals surface area contributed by atoms with Crippen LogP contribution in [0, 0.1) is 0 Å². The van der Waals surface area contributed by atoms with Gasteiger partial charge in [0.1, 0.15) is 11.1 Å². The van der Waals surface area contributed by atoms with Crippen molar-refractivity contribution in [2.24, 2.45) is 0 Å². The van der Waals surface area contributed by atoms with E-state index >= 15 is 0 Å². The van der Waals surface area contributed by atoms with Gasteiger partial charge in [-0.3, -0.25) is 4.79 Å². The molecule has 0 unspecified atom stereocenters. The molecular weight excluding hydrogens is 358 g/mol. The highest BCUT2D eigenvalue weighted by Crippen LogP contribution is 2.29. The first-order valence-corrected chi connectivity index (χ1v) is 7.86. The lowest BCUT2D eigenvalue weighted by molar-refractivity contribution is -0.0512. The van der Waals surface area contributed by atoms with Gasteiger partial charge in [-0.1, -0.05) is 30.3 Å². The Balaban J connectivity index is 1.86. The number of carbonyl (C=O) groups is 1. The number of hydrogen-bond donors (Lipinski definition) is 0. The molecular formula is C20H14F2O5. The zero-order valence-electron chi connectivity index (χ0n) is 14.1. The normalized spacial score (nSPS) is 11.3. The summed E-state index contributed by atoms with van der Waals surface area (Å²) < 4.78 is 39.2. The van der Waals surface area contributed by atoms with E-state index in [0.717, 1.165) is 0 Å². The number of methoxy groups -OCH3 is 1. The lowest BCUT2D eigenvalue weighted by Gasteiger charge is -2.10. The first-order chi connectivity index (χ1) is 13.0. The molecule has 7 heteroatoms. The molecule has 1 aromatic heterocycles. The third-order valence-corrected chi connectivity index (χ3v) is 3.74. The molecule has 0 atom stereocenters. The number of halogens is 2. The van der Waals surface area contributed by atoms with Crippen molar-refractivity contribution in [2.45, 2.75) is 6.61 Å². The van der Waals surface area contributed by atoms with Crippen molar-refractivity contribution in [1.29, 1.82) is 0 Å². The number of ether oxygens (including phenoxy) is 2. The van der Waals surface area contributed by atoms with Crippen LogP contribution >= 0.6 is 0 Å². The van der Waals surface area contributed by atoms with E-state index < -0.39 is 18.0 Å². The SMILES string of the molecule is COc1cc(/C=C/C(=O)c2cc3ccccc3oc2=O)ccc1OC(F)F. The summed E-state index contributed by atoms with van der Waals surface area (Å²) in [6, 6.07) is 12.5. The van der Waals surface area contributed by atoms with Crippen LogP contribution in [0.25, 0.3) is 17.0 Å². The molecule has 138 valence electrons. The van der Waals surface area contributed by atoms with Gasteiger partial charge in [-0.05, 0) is 35.9 Å². The number of allylic oxidation sites excluding steroid dienone is 1. The van der Waals surface area contributed by atoms with E-state index in [-0.39, 0.29) is 17.1 Å².